The molecule has 0 fully saturated rings. The lowest BCUT2D eigenvalue weighted by molar-refractivity contribution is 0.0917. The molecule has 1 N–H and O–H groups in total. The molecular formula is C16H19N3O2. The first kappa shape index (κ1) is 15.0. The molecule has 0 aliphatic heterocycles. The van der Waals surface area contributed by atoms with E-state index in [1.54, 1.807) is 19.1 Å². The van der Waals surface area contributed by atoms with Crippen LogP contribution in [0.5, 0.6) is 0 Å². The fourth-order valence-corrected chi connectivity index (χ4v) is 1.93. The molecule has 1 amide bonds. The monoisotopic (exact) mass is 285 g/mol. The van der Waals surface area contributed by atoms with Gasteiger partial charge in [-0.15, -0.1) is 0 Å². The van der Waals surface area contributed by atoms with Gasteiger partial charge in [0.15, 0.2) is 0 Å². The van der Waals surface area contributed by atoms with Crippen LogP contribution in [-0.2, 0) is 0 Å². The summed E-state index contributed by atoms with van der Waals surface area (Å²) < 4.78 is 1.26. The summed E-state index contributed by atoms with van der Waals surface area (Å²) in [7, 11) is 0. The van der Waals surface area contributed by atoms with Gasteiger partial charge in [-0.3, -0.25) is 9.59 Å². The number of hydrogen-bond acceptors (Lipinski definition) is 3. The van der Waals surface area contributed by atoms with E-state index < -0.39 is 11.1 Å². The Hall–Kier alpha value is -2.43. The highest BCUT2D eigenvalue weighted by atomic mass is 16.2. The molecule has 2 aromatic rings. The number of para-hydroxylation sites is 1. The molecule has 0 radical (unpaired) electrons. The third-order valence-corrected chi connectivity index (χ3v) is 2.77. The van der Waals surface area contributed by atoms with Crippen molar-refractivity contribution >= 4 is 5.91 Å². The summed E-state index contributed by atoms with van der Waals surface area (Å²) >= 11 is 0. The maximum atomic E-state index is 12.5. The number of aromatic nitrogens is 2. The van der Waals surface area contributed by atoms with Crippen LogP contribution < -0.4 is 10.9 Å². The van der Waals surface area contributed by atoms with E-state index in [1.165, 1.54) is 10.7 Å². The highest BCUT2D eigenvalue weighted by Crippen LogP contribution is 2.06. The van der Waals surface area contributed by atoms with Crippen molar-refractivity contribution in [2.24, 2.45) is 0 Å². The van der Waals surface area contributed by atoms with Gasteiger partial charge in [-0.2, -0.15) is 9.78 Å². The highest BCUT2D eigenvalue weighted by Gasteiger charge is 2.20. The predicted octanol–water partition coefficient (Wildman–Crippen LogP) is 2.07. The Balaban J connectivity index is 2.53. The molecule has 2 rings (SSSR count). The SMILES string of the molecule is Cc1cc(C(=O)NC(C)(C)C)c(=O)n(-c2ccccc2)n1. The number of hydrogen-bond donors (Lipinski definition) is 1. The Kier molecular flexibility index (Phi) is 3.93. The number of amides is 1. The van der Waals surface area contributed by atoms with Crippen molar-refractivity contribution in [3.05, 3.63) is 58.0 Å². The first-order valence-corrected chi connectivity index (χ1v) is 6.77. The second kappa shape index (κ2) is 5.52. The maximum absolute atomic E-state index is 12.5. The van der Waals surface area contributed by atoms with Gasteiger partial charge in [0.05, 0.1) is 11.4 Å². The summed E-state index contributed by atoms with van der Waals surface area (Å²) in [5.41, 5.74) is 0.515. The second-order valence-electron chi connectivity index (χ2n) is 5.96. The van der Waals surface area contributed by atoms with Crippen LogP contribution in [0.25, 0.3) is 5.69 Å². The largest absolute Gasteiger partial charge is 0.347 e. The van der Waals surface area contributed by atoms with E-state index in [4.69, 9.17) is 0 Å². The van der Waals surface area contributed by atoms with E-state index in [-0.39, 0.29) is 11.5 Å². The van der Waals surface area contributed by atoms with Crippen LogP contribution >= 0.6 is 0 Å². The summed E-state index contributed by atoms with van der Waals surface area (Å²) in [5, 5.41) is 7.01. The van der Waals surface area contributed by atoms with Crippen LogP contribution in [0.3, 0.4) is 0 Å². The van der Waals surface area contributed by atoms with E-state index in [0.29, 0.717) is 11.4 Å². The standard InChI is InChI=1S/C16H19N3O2/c1-11-10-13(14(20)17-16(2,3)4)15(21)19(18-11)12-8-6-5-7-9-12/h5-10H,1-4H3,(H,17,20). The minimum atomic E-state index is -0.423. The van der Waals surface area contributed by atoms with Crippen LogP contribution in [0.4, 0.5) is 0 Å². The number of benzene rings is 1. The smallest absolute Gasteiger partial charge is 0.284 e. The van der Waals surface area contributed by atoms with Gasteiger partial charge < -0.3 is 5.32 Å². The Bertz CT molecular complexity index is 713. The summed E-state index contributed by atoms with van der Waals surface area (Å²) in [5.74, 6) is -0.386. The number of aryl methyl sites for hydroxylation is 1. The summed E-state index contributed by atoms with van der Waals surface area (Å²) in [6.45, 7) is 7.37. The molecule has 110 valence electrons. The molecule has 21 heavy (non-hydrogen) atoms. The van der Waals surface area contributed by atoms with Crippen molar-refractivity contribution in [1.82, 2.24) is 15.1 Å². The van der Waals surface area contributed by atoms with E-state index in [1.807, 2.05) is 39.0 Å². The average Bonchev–Trinajstić information content (AvgIpc) is 2.40. The second-order valence-corrected chi connectivity index (χ2v) is 5.96. The molecule has 0 aliphatic rings. The lowest BCUT2D eigenvalue weighted by Gasteiger charge is -2.20. The van der Waals surface area contributed by atoms with Crippen LogP contribution in [0.15, 0.2) is 41.2 Å². The van der Waals surface area contributed by atoms with Gasteiger partial charge in [-0.25, -0.2) is 0 Å². The van der Waals surface area contributed by atoms with Gasteiger partial charge in [0.25, 0.3) is 11.5 Å². The molecule has 1 aromatic heterocycles. The van der Waals surface area contributed by atoms with Gasteiger partial charge in [-0.05, 0) is 45.9 Å². The fourth-order valence-electron chi connectivity index (χ4n) is 1.93. The van der Waals surface area contributed by atoms with Crippen LogP contribution in [0.1, 0.15) is 36.8 Å². The van der Waals surface area contributed by atoms with E-state index in [9.17, 15) is 9.59 Å². The highest BCUT2D eigenvalue weighted by molar-refractivity contribution is 5.94. The van der Waals surface area contributed by atoms with Gasteiger partial charge in [0.2, 0.25) is 0 Å². The topological polar surface area (TPSA) is 64.0 Å². The Morgan fingerprint density at radius 2 is 1.81 bits per heavy atom. The molecule has 5 nitrogen and oxygen atoms in total. The van der Waals surface area contributed by atoms with Crippen LogP contribution in [-0.4, -0.2) is 21.2 Å². The molecular weight excluding hydrogens is 266 g/mol. The Labute approximate surface area is 123 Å². The minimum Gasteiger partial charge on any atom is -0.347 e. The fraction of sp³-hybridized carbons (Fsp3) is 0.312. The Morgan fingerprint density at radius 1 is 1.19 bits per heavy atom. The molecule has 1 aromatic carbocycles. The molecule has 0 aliphatic carbocycles. The number of rotatable bonds is 2. The zero-order valence-electron chi connectivity index (χ0n) is 12.7. The van der Waals surface area contributed by atoms with Gasteiger partial charge in [0, 0.05) is 5.54 Å². The first-order valence-electron chi connectivity index (χ1n) is 6.77. The van der Waals surface area contributed by atoms with Crippen molar-refractivity contribution < 1.29 is 4.79 Å². The van der Waals surface area contributed by atoms with Gasteiger partial charge in [-0.1, -0.05) is 18.2 Å². The molecule has 0 saturated carbocycles. The minimum absolute atomic E-state index is 0.0984. The van der Waals surface area contributed by atoms with E-state index >= 15 is 0 Å². The molecule has 0 atom stereocenters. The van der Waals surface area contributed by atoms with Crippen LogP contribution in [0, 0.1) is 6.92 Å². The Morgan fingerprint density at radius 3 is 2.38 bits per heavy atom. The number of carbonyl (C=O) groups is 1. The predicted molar refractivity (Wildman–Crippen MR) is 81.8 cm³/mol. The van der Waals surface area contributed by atoms with Crippen molar-refractivity contribution in [2.45, 2.75) is 33.2 Å². The molecule has 5 heteroatoms. The van der Waals surface area contributed by atoms with Gasteiger partial charge in [0.1, 0.15) is 5.56 Å². The molecule has 0 unspecified atom stereocenters. The lowest BCUT2D eigenvalue weighted by Crippen LogP contribution is -2.43. The lowest BCUT2D eigenvalue weighted by atomic mass is 10.1. The summed E-state index contributed by atoms with van der Waals surface area (Å²) in [6.07, 6.45) is 0. The molecule has 1 heterocycles. The first-order chi connectivity index (χ1) is 9.78. The van der Waals surface area contributed by atoms with Crippen molar-refractivity contribution in [3.8, 4) is 5.69 Å². The van der Waals surface area contributed by atoms with Crippen molar-refractivity contribution in [1.29, 1.82) is 0 Å². The van der Waals surface area contributed by atoms with Crippen molar-refractivity contribution in [2.75, 3.05) is 0 Å². The van der Waals surface area contributed by atoms with Gasteiger partial charge >= 0.3 is 0 Å². The number of nitrogens with one attached hydrogen (secondary N) is 1. The van der Waals surface area contributed by atoms with E-state index in [2.05, 4.69) is 10.4 Å². The maximum Gasteiger partial charge on any atom is 0.284 e. The zero-order valence-corrected chi connectivity index (χ0v) is 12.7. The number of nitrogens with zero attached hydrogens (tertiary/aromatic N) is 2. The molecule has 0 saturated heterocycles. The number of carbonyl (C=O) groups excluding carboxylic acids is 1. The summed E-state index contributed by atoms with van der Waals surface area (Å²) in [4.78, 5) is 24.8. The van der Waals surface area contributed by atoms with Crippen molar-refractivity contribution in [3.63, 3.8) is 0 Å². The molecule has 0 spiro atoms. The average molecular weight is 285 g/mol. The third-order valence-electron chi connectivity index (χ3n) is 2.77. The third kappa shape index (κ3) is 3.56. The zero-order chi connectivity index (χ0) is 15.6. The van der Waals surface area contributed by atoms with Crippen LogP contribution in [0.2, 0.25) is 0 Å². The quantitative estimate of drug-likeness (QED) is 0.918. The van der Waals surface area contributed by atoms with E-state index in [0.717, 1.165) is 0 Å². The summed E-state index contributed by atoms with van der Waals surface area (Å²) in [6, 6.07) is 10.6. The molecule has 0 bridgehead atoms. The normalized spacial score (nSPS) is 11.2.